The number of hydrogen-bond acceptors (Lipinski definition) is 1. The highest BCUT2D eigenvalue weighted by Gasteiger charge is 2.29. The average molecular weight is 701 g/mol. The van der Waals surface area contributed by atoms with E-state index in [1.807, 2.05) is 6.08 Å². The van der Waals surface area contributed by atoms with E-state index in [9.17, 15) is 0 Å². The number of hydrogen-bond donors (Lipinski definition) is 0. The third-order valence-corrected chi connectivity index (χ3v) is 11.5. The van der Waals surface area contributed by atoms with Gasteiger partial charge in [-0.05, 0) is 121 Å². The van der Waals surface area contributed by atoms with Crippen molar-refractivity contribution in [2.24, 2.45) is 0 Å². The van der Waals surface area contributed by atoms with E-state index in [1.165, 1.54) is 70.7 Å². The smallest absolute Gasteiger partial charge is 0.0561 e. The highest BCUT2D eigenvalue weighted by molar-refractivity contribution is 6.25. The maximum Gasteiger partial charge on any atom is 0.0561 e. The fourth-order valence-corrected chi connectivity index (χ4v) is 9.16. The molecule has 1 aromatic heterocycles. The third kappa shape index (κ3) is 4.68. The highest BCUT2D eigenvalue weighted by Crippen LogP contribution is 2.55. The van der Waals surface area contributed by atoms with E-state index in [4.69, 9.17) is 0 Å². The molecule has 2 heteroatoms. The maximum absolute atomic E-state index is 4.30. The standard InChI is InChI=1S/C53H36N2/c1-3-13-48-43(4-2)45-29-28-42(33-50(45)55(48)41-27-25-35-15-6-8-17-37(35)32-41)54(40-26-24-34-14-5-7-16-36(34)31-40)49-23-12-22-47-52(49)46-21-11-19-39-30-38-18-9-10-20-44(38)53(47)51(39)46/h3-33H,2H2,1H3/b13-3-. The summed E-state index contributed by atoms with van der Waals surface area (Å²) in [5.41, 5.74) is 13.0. The van der Waals surface area contributed by atoms with Gasteiger partial charge < -0.3 is 9.47 Å². The summed E-state index contributed by atoms with van der Waals surface area (Å²) in [6.45, 7) is 6.39. The molecule has 0 aliphatic heterocycles. The maximum atomic E-state index is 4.30. The molecule has 2 nitrogen and oxygen atoms in total. The lowest BCUT2D eigenvalue weighted by Gasteiger charge is -2.28. The highest BCUT2D eigenvalue weighted by atomic mass is 15.1. The summed E-state index contributed by atoms with van der Waals surface area (Å²) >= 11 is 0. The van der Waals surface area contributed by atoms with Crippen LogP contribution in [0.3, 0.4) is 0 Å². The molecular weight excluding hydrogens is 665 g/mol. The van der Waals surface area contributed by atoms with Gasteiger partial charge >= 0.3 is 0 Å². The molecule has 0 N–H and O–H groups in total. The first-order valence-electron chi connectivity index (χ1n) is 19.0. The van der Waals surface area contributed by atoms with Gasteiger partial charge in [0.1, 0.15) is 0 Å². The number of rotatable bonds is 6. The zero-order chi connectivity index (χ0) is 36.6. The molecule has 0 atom stereocenters. The van der Waals surface area contributed by atoms with E-state index in [0.717, 1.165) is 39.5 Å². The van der Waals surface area contributed by atoms with Gasteiger partial charge in [0, 0.05) is 33.6 Å². The van der Waals surface area contributed by atoms with Gasteiger partial charge in [-0.1, -0.05) is 140 Å². The summed E-state index contributed by atoms with van der Waals surface area (Å²) in [5.74, 6) is 0. The predicted octanol–water partition coefficient (Wildman–Crippen LogP) is 15.0. The summed E-state index contributed by atoms with van der Waals surface area (Å²) in [5, 5.41) is 11.2. The first-order chi connectivity index (χ1) is 27.2. The van der Waals surface area contributed by atoms with E-state index in [0.29, 0.717) is 0 Å². The van der Waals surface area contributed by atoms with Crippen molar-refractivity contribution in [1.82, 2.24) is 4.57 Å². The molecule has 1 aliphatic rings. The van der Waals surface area contributed by atoms with E-state index >= 15 is 0 Å². The van der Waals surface area contributed by atoms with Crippen molar-refractivity contribution in [1.29, 1.82) is 0 Å². The Bertz CT molecular complexity index is 3250. The third-order valence-electron chi connectivity index (χ3n) is 11.5. The Balaban J connectivity index is 1.22. The van der Waals surface area contributed by atoms with Crippen LogP contribution in [0.4, 0.5) is 17.1 Å². The van der Waals surface area contributed by atoms with Crippen LogP contribution >= 0.6 is 0 Å². The van der Waals surface area contributed by atoms with Crippen molar-refractivity contribution in [2.75, 3.05) is 4.90 Å². The van der Waals surface area contributed by atoms with Gasteiger partial charge in [-0.2, -0.15) is 0 Å². The topological polar surface area (TPSA) is 8.17 Å². The molecule has 258 valence electrons. The summed E-state index contributed by atoms with van der Waals surface area (Å²) in [7, 11) is 0. The molecule has 0 fully saturated rings. The lowest BCUT2D eigenvalue weighted by Crippen LogP contribution is -2.11. The summed E-state index contributed by atoms with van der Waals surface area (Å²) in [6, 6.07) is 62.6. The minimum atomic E-state index is 1.09. The number of nitrogens with zero attached hydrogens (tertiary/aromatic N) is 2. The van der Waals surface area contributed by atoms with Crippen molar-refractivity contribution in [3.05, 3.63) is 194 Å². The number of benzene rings is 9. The Morgan fingerprint density at radius 1 is 0.509 bits per heavy atom. The van der Waals surface area contributed by atoms with Crippen molar-refractivity contribution in [2.45, 2.75) is 6.92 Å². The molecule has 0 radical (unpaired) electrons. The van der Waals surface area contributed by atoms with Crippen molar-refractivity contribution in [3.63, 3.8) is 0 Å². The second-order valence-electron chi connectivity index (χ2n) is 14.5. The number of aromatic nitrogens is 1. The summed E-state index contributed by atoms with van der Waals surface area (Å²) in [4.78, 5) is 2.47. The van der Waals surface area contributed by atoms with Crippen LogP contribution in [0.2, 0.25) is 0 Å². The quantitative estimate of drug-likeness (QED) is 0.157. The lowest BCUT2D eigenvalue weighted by atomic mass is 9.96. The van der Waals surface area contributed by atoms with Crippen LogP contribution in [-0.2, 0) is 0 Å². The zero-order valence-electron chi connectivity index (χ0n) is 30.5. The number of anilines is 3. The van der Waals surface area contributed by atoms with Gasteiger partial charge in [0.15, 0.2) is 0 Å². The van der Waals surface area contributed by atoms with Crippen LogP contribution in [0.5, 0.6) is 0 Å². The second kappa shape index (κ2) is 12.2. The van der Waals surface area contributed by atoms with Crippen molar-refractivity contribution < 1.29 is 0 Å². The van der Waals surface area contributed by atoms with Crippen LogP contribution in [0.15, 0.2) is 183 Å². The SMILES string of the molecule is C=Cc1c(/C=C\C)n(-c2ccc3ccccc3c2)c2cc(N(c3ccc4ccccc4c3)c3cccc4c3-c3cccc5cc6ccccc6c-4c35)ccc12. The molecular formula is C53H36N2. The molecule has 10 aromatic rings. The van der Waals surface area contributed by atoms with Crippen LogP contribution in [0.25, 0.3) is 94.1 Å². The normalized spacial score (nSPS) is 12.1. The fourth-order valence-electron chi connectivity index (χ4n) is 9.16. The van der Waals surface area contributed by atoms with Crippen LogP contribution in [0, 0.1) is 0 Å². The van der Waals surface area contributed by atoms with E-state index < -0.39 is 0 Å². The van der Waals surface area contributed by atoms with E-state index in [-0.39, 0.29) is 0 Å². The Kier molecular flexibility index (Phi) is 6.96. The Morgan fingerprint density at radius 2 is 1.16 bits per heavy atom. The molecule has 1 aliphatic carbocycles. The molecule has 11 rings (SSSR count). The van der Waals surface area contributed by atoms with E-state index in [1.54, 1.807) is 0 Å². The van der Waals surface area contributed by atoms with Gasteiger partial charge in [0.05, 0.1) is 16.9 Å². The molecule has 0 spiro atoms. The minimum Gasteiger partial charge on any atom is -0.310 e. The van der Waals surface area contributed by atoms with Gasteiger partial charge in [0.2, 0.25) is 0 Å². The first-order valence-corrected chi connectivity index (χ1v) is 19.0. The zero-order valence-corrected chi connectivity index (χ0v) is 30.5. The summed E-state index contributed by atoms with van der Waals surface area (Å²) < 4.78 is 2.40. The molecule has 9 aromatic carbocycles. The minimum absolute atomic E-state index is 1.09. The average Bonchev–Trinajstić information content (AvgIpc) is 3.74. The van der Waals surface area contributed by atoms with Crippen molar-refractivity contribution in [3.8, 4) is 27.9 Å². The number of fused-ring (bicyclic) bond motifs is 8. The molecule has 55 heavy (non-hydrogen) atoms. The largest absolute Gasteiger partial charge is 0.310 e. The molecule has 0 bridgehead atoms. The molecule has 0 unspecified atom stereocenters. The van der Waals surface area contributed by atoms with Crippen LogP contribution in [-0.4, -0.2) is 4.57 Å². The van der Waals surface area contributed by atoms with Gasteiger partial charge in [-0.15, -0.1) is 0 Å². The van der Waals surface area contributed by atoms with Crippen LogP contribution < -0.4 is 4.90 Å². The first kappa shape index (κ1) is 31.4. The van der Waals surface area contributed by atoms with E-state index in [2.05, 4.69) is 205 Å². The summed E-state index contributed by atoms with van der Waals surface area (Å²) in [6.07, 6.45) is 6.33. The Morgan fingerprint density at radius 3 is 1.96 bits per heavy atom. The Labute approximate surface area is 320 Å². The second-order valence-corrected chi connectivity index (χ2v) is 14.5. The van der Waals surface area contributed by atoms with Gasteiger partial charge in [0.25, 0.3) is 0 Å². The molecule has 0 saturated carbocycles. The van der Waals surface area contributed by atoms with Gasteiger partial charge in [-0.3, -0.25) is 0 Å². The Hall–Kier alpha value is -7.16. The predicted molar refractivity (Wildman–Crippen MR) is 237 cm³/mol. The van der Waals surface area contributed by atoms with Crippen molar-refractivity contribution >= 4 is 83.2 Å². The number of allylic oxidation sites excluding steroid dienone is 1. The lowest BCUT2D eigenvalue weighted by molar-refractivity contribution is 1.11. The molecule has 0 saturated heterocycles. The van der Waals surface area contributed by atoms with Crippen LogP contribution in [0.1, 0.15) is 18.2 Å². The fraction of sp³-hybridized carbons (Fsp3) is 0.0189. The van der Waals surface area contributed by atoms with Gasteiger partial charge in [-0.25, -0.2) is 0 Å². The molecule has 0 amide bonds. The molecule has 1 heterocycles. The monoisotopic (exact) mass is 700 g/mol.